The SMILES string of the molecule is C#Cc1cccc(C(=O)O)c1NC(=O)CC.c1cc2cc-2c1. The van der Waals surface area contributed by atoms with E-state index in [4.69, 9.17) is 11.5 Å². The van der Waals surface area contributed by atoms with Crippen LogP contribution < -0.4 is 5.32 Å². The van der Waals surface area contributed by atoms with Gasteiger partial charge in [0.25, 0.3) is 0 Å². The second-order valence-corrected chi connectivity index (χ2v) is 4.66. The molecule has 110 valence electrons. The summed E-state index contributed by atoms with van der Waals surface area (Å²) in [4.78, 5) is 22.2. The fourth-order valence-corrected chi connectivity index (χ4v) is 1.89. The number of carboxylic acid groups (broad SMARTS) is 1. The molecule has 22 heavy (non-hydrogen) atoms. The maximum atomic E-state index is 11.3. The van der Waals surface area contributed by atoms with Crippen LogP contribution in [0.4, 0.5) is 5.69 Å². The normalized spacial score (nSPS) is 9.82. The number of carboxylic acids is 1. The zero-order valence-corrected chi connectivity index (χ0v) is 12.1. The smallest absolute Gasteiger partial charge is 0.337 e. The van der Waals surface area contributed by atoms with Crippen LogP contribution in [0.3, 0.4) is 0 Å². The van der Waals surface area contributed by atoms with Crippen molar-refractivity contribution in [2.45, 2.75) is 13.3 Å². The molecule has 0 spiro atoms. The molecule has 0 radical (unpaired) electrons. The molecule has 3 rings (SSSR count). The maximum absolute atomic E-state index is 11.3. The molecule has 0 bridgehead atoms. The van der Waals surface area contributed by atoms with E-state index in [0.29, 0.717) is 5.56 Å². The van der Waals surface area contributed by atoms with Gasteiger partial charge >= 0.3 is 5.97 Å². The number of carbonyl (C=O) groups excluding carboxylic acids is 1. The Hall–Kier alpha value is -3.06. The van der Waals surface area contributed by atoms with E-state index < -0.39 is 5.97 Å². The molecule has 0 atom stereocenters. The first-order valence-electron chi connectivity index (χ1n) is 6.80. The Morgan fingerprint density at radius 1 is 1.18 bits per heavy atom. The van der Waals surface area contributed by atoms with Crippen molar-refractivity contribution in [2.75, 3.05) is 5.32 Å². The quantitative estimate of drug-likeness (QED) is 0.727. The van der Waals surface area contributed by atoms with Crippen LogP contribution in [0, 0.1) is 12.3 Å². The van der Waals surface area contributed by atoms with Gasteiger partial charge in [-0.05, 0) is 29.3 Å². The van der Waals surface area contributed by atoms with Gasteiger partial charge in [-0.15, -0.1) is 6.42 Å². The number of para-hydroxylation sites is 1. The zero-order valence-electron chi connectivity index (χ0n) is 12.1. The predicted octanol–water partition coefficient (Wildman–Crippen LogP) is 3.38. The summed E-state index contributed by atoms with van der Waals surface area (Å²) in [5, 5.41) is 11.5. The Kier molecular flexibility index (Phi) is 4.60. The average molecular weight is 293 g/mol. The molecule has 2 N–H and O–H groups in total. The second-order valence-electron chi connectivity index (χ2n) is 4.66. The van der Waals surface area contributed by atoms with Gasteiger partial charge in [-0.3, -0.25) is 4.79 Å². The van der Waals surface area contributed by atoms with Crippen LogP contribution in [-0.2, 0) is 4.79 Å². The molecule has 0 saturated carbocycles. The molecule has 2 aliphatic carbocycles. The largest absolute Gasteiger partial charge is 0.478 e. The zero-order chi connectivity index (χ0) is 16.1. The number of hydrogen-bond acceptors (Lipinski definition) is 2. The minimum absolute atomic E-state index is 0.00255. The van der Waals surface area contributed by atoms with Crippen molar-refractivity contribution in [3.8, 4) is 23.5 Å². The highest BCUT2D eigenvalue weighted by molar-refractivity contribution is 6.02. The third kappa shape index (κ3) is 3.53. The van der Waals surface area contributed by atoms with Gasteiger partial charge in [0.15, 0.2) is 0 Å². The van der Waals surface area contributed by atoms with Crippen LogP contribution in [0.5, 0.6) is 0 Å². The van der Waals surface area contributed by atoms with E-state index in [1.165, 1.54) is 17.2 Å². The number of rotatable bonds is 3. The Balaban J connectivity index is 0.000000238. The van der Waals surface area contributed by atoms with E-state index in [1.807, 2.05) is 0 Å². The summed E-state index contributed by atoms with van der Waals surface area (Å²) >= 11 is 0. The lowest BCUT2D eigenvalue weighted by atomic mass is 10.1. The molecule has 0 fully saturated rings. The number of aromatic carboxylic acids is 1. The minimum Gasteiger partial charge on any atom is -0.478 e. The lowest BCUT2D eigenvalue weighted by Gasteiger charge is -2.09. The van der Waals surface area contributed by atoms with Crippen molar-refractivity contribution < 1.29 is 14.7 Å². The molecule has 0 unspecified atom stereocenters. The van der Waals surface area contributed by atoms with Crippen molar-refractivity contribution in [1.29, 1.82) is 0 Å². The monoisotopic (exact) mass is 293 g/mol. The van der Waals surface area contributed by atoms with Crippen molar-refractivity contribution in [3.05, 3.63) is 53.6 Å². The van der Waals surface area contributed by atoms with Crippen molar-refractivity contribution in [2.24, 2.45) is 0 Å². The molecule has 4 nitrogen and oxygen atoms in total. The minimum atomic E-state index is -1.12. The summed E-state index contributed by atoms with van der Waals surface area (Å²) in [6, 6.07) is 13.0. The van der Waals surface area contributed by atoms with Crippen LogP contribution in [0.2, 0.25) is 0 Å². The van der Waals surface area contributed by atoms with Crippen molar-refractivity contribution in [1.82, 2.24) is 0 Å². The van der Waals surface area contributed by atoms with E-state index in [9.17, 15) is 9.59 Å². The highest BCUT2D eigenvalue weighted by atomic mass is 16.4. The second kappa shape index (κ2) is 6.59. The molecule has 0 aliphatic heterocycles. The van der Waals surface area contributed by atoms with Gasteiger partial charge < -0.3 is 10.4 Å². The fraction of sp³-hybridized carbons (Fsp3) is 0.111. The Morgan fingerprint density at radius 3 is 2.23 bits per heavy atom. The molecular formula is C18H15NO3. The number of hydrogen-bond donors (Lipinski definition) is 2. The molecular weight excluding hydrogens is 278 g/mol. The molecule has 1 aromatic rings. The number of terminal acetylenes is 1. The third-order valence-corrected chi connectivity index (χ3v) is 3.15. The summed E-state index contributed by atoms with van der Waals surface area (Å²) in [7, 11) is 0. The van der Waals surface area contributed by atoms with Crippen LogP contribution in [0.15, 0.2) is 42.5 Å². The summed E-state index contributed by atoms with van der Waals surface area (Å²) in [5.41, 5.74) is 3.40. The Labute approximate surface area is 128 Å². The molecule has 1 amide bonds. The number of nitrogens with one attached hydrogen (secondary N) is 1. The molecule has 2 aliphatic rings. The van der Waals surface area contributed by atoms with Crippen molar-refractivity contribution in [3.63, 3.8) is 0 Å². The van der Waals surface area contributed by atoms with Crippen LogP contribution in [0.25, 0.3) is 11.1 Å². The van der Waals surface area contributed by atoms with Gasteiger partial charge in [0.05, 0.1) is 11.3 Å². The number of benzene rings is 2. The number of amides is 1. The molecule has 0 heterocycles. The van der Waals surface area contributed by atoms with E-state index in [0.717, 1.165) is 0 Å². The van der Waals surface area contributed by atoms with Crippen molar-refractivity contribution >= 4 is 17.6 Å². The first-order valence-corrected chi connectivity index (χ1v) is 6.80. The topological polar surface area (TPSA) is 66.4 Å². The summed E-state index contributed by atoms with van der Waals surface area (Å²) in [6.07, 6.45) is 5.50. The highest BCUT2D eigenvalue weighted by Gasteiger charge is 2.14. The number of fused-ring (bicyclic) bond motifs is 1. The highest BCUT2D eigenvalue weighted by Crippen LogP contribution is 2.32. The van der Waals surface area contributed by atoms with Gasteiger partial charge in [0, 0.05) is 12.0 Å². The summed E-state index contributed by atoms with van der Waals surface area (Å²) in [6.45, 7) is 1.67. The van der Waals surface area contributed by atoms with E-state index in [1.54, 1.807) is 19.1 Å². The van der Waals surface area contributed by atoms with Gasteiger partial charge in [-0.2, -0.15) is 0 Å². The van der Waals surface area contributed by atoms with E-state index in [2.05, 4.69) is 35.5 Å². The predicted molar refractivity (Wildman–Crippen MR) is 85.7 cm³/mol. The number of carbonyl (C=O) groups is 2. The van der Waals surface area contributed by atoms with E-state index >= 15 is 0 Å². The fourth-order valence-electron chi connectivity index (χ4n) is 1.89. The summed E-state index contributed by atoms with van der Waals surface area (Å²) in [5.74, 6) is 0.948. The molecule has 4 heteroatoms. The molecule has 1 aromatic carbocycles. The lowest BCUT2D eigenvalue weighted by molar-refractivity contribution is -0.115. The van der Waals surface area contributed by atoms with Gasteiger partial charge in [0.1, 0.15) is 0 Å². The van der Waals surface area contributed by atoms with Crippen LogP contribution in [0.1, 0.15) is 29.3 Å². The standard InChI is InChI=1S/C12H11NO3.C6H4/c1-3-8-6-5-7-9(12(15)16)11(8)13-10(14)4-2;1-2-5-4-6(5)3-1/h1,5-7H,4H2,2H3,(H,13,14)(H,15,16);1-4H. The summed E-state index contributed by atoms with van der Waals surface area (Å²) < 4.78 is 0. The lowest BCUT2D eigenvalue weighted by Crippen LogP contribution is -2.14. The third-order valence-electron chi connectivity index (χ3n) is 3.15. The van der Waals surface area contributed by atoms with E-state index in [-0.39, 0.29) is 23.6 Å². The first-order chi connectivity index (χ1) is 10.6. The van der Waals surface area contributed by atoms with Gasteiger partial charge in [-0.25, -0.2) is 4.79 Å². The maximum Gasteiger partial charge on any atom is 0.337 e. The number of anilines is 1. The molecule has 0 saturated heterocycles. The van der Waals surface area contributed by atoms with Gasteiger partial charge in [-0.1, -0.05) is 37.1 Å². The van der Waals surface area contributed by atoms with Crippen LogP contribution >= 0.6 is 0 Å². The first kappa shape index (κ1) is 15.3. The average Bonchev–Trinajstić information content (AvgIpc) is 3.13. The molecule has 0 aromatic heterocycles. The Bertz CT molecular complexity index is 755. The van der Waals surface area contributed by atoms with Gasteiger partial charge in [0.2, 0.25) is 5.91 Å². The van der Waals surface area contributed by atoms with Crippen LogP contribution in [-0.4, -0.2) is 17.0 Å². The Morgan fingerprint density at radius 2 is 1.82 bits per heavy atom.